The number of anilines is 1. The summed E-state index contributed by atoms with van der Waals surface area (Å²) in [5, 5.41) is 16.1. The predicted molar refractivity (Wildman–Crippen MR) is 110 cm³/mol. The Hall–Kier alpha value is -2.83. The van der Waals surface area contributed by atoms with Crippen molar-refractivity contribution in [2.45, 2.75) is 23.1 Å². The van der Waals surface area contributed by atoms with Gasteiger partial charge in [-0.1, -0.05) is 23.1 Å². The minimum absolute atomic E-state index is 0.101. The minimum atomic E-state index is -0.570. The number of benzene rings is 1. The molecule has 9 nitrogen and oxygen atoms in total. The van der Waals surface area contributed by atoms with Gasteiger partial charge >= 0.3 is 5.97 Å². The van der Waals surface area contributed by atoms with Gasteiger partial charge in [0.1, 0.15) is 4.88 Å². The number of ether oxygens (including phenoxy) is 1. The molecule has 0 bridgehead atoms. The van der Waals surface area contributed by atoms with Gasteiger partial charge in [0.25, 0.3) is 11.6 Å². The maximum Gasteiger partial charge on any atom is 0.350 e. The second-order valence-corrected chi connectivity index (χ2v) is 8.82. The number of esters is 1. The maximum atomic E-state index is 12.5. The third kappa shape index (κ3) is 4.78. The zero-order valence-corrected chi connectivity index (χ0v) is 17.9. The molecular formula is C17H14N4O5S3. The highest BCUT2D eigenvalue weighted by Crippen LogP contribution is 2.37. The molecule has 0 aliphatic carbocycles. The zero-order chi connectivity index (χ0) is 21.1. The molecule has 1 aromatic carbocycles. The summed E-state index contributed by atoms with van der Waals surface area (Å²) in [6.45, 7) is 3.46. The molecule has 2 aromatic heterocycles. The molecule has 3 rings (SSSR count). The lowest BCUT2D eigenvalue weighted by Crippen LogP contribution is -2.12. The normalized spacial score (nSPS) is 10.6. The highest BCUT2D eigenvalue weighted by molar-refractivity contribution is 8.01. The number of aryl methyl sites for hydroxylation is 2. The number of carbonyl (C=O) groups is 2. The maximum absolute atomic E-state index is 12.5. The summed E-state index contributed by atoms with van der Waals surface area (Å²) in [7, 11) is 1.26. The smallest absolute Gasteiger partial charge is 0.350 e. The second kappa shape index (κ2) is 8.68. The summed E-state index contributed by atoms with van der Waals surface area (Å²) in [5.41, 5.74) is 1.17. The first-order chi connectivity index (χ1) is 13.8. The van der Waals surface area contributed by atoms with Crippen LogP contribution >= 0.6 is 34.4 Å². The van der Waals surface area contributed by atoms with Crippen LogP contribution in [0.4, 0.5) is 10.8 Å². The first-order valence-corrected chi connectivity index (χ1v) is 10.5. The highest BCUT2D eigenvalue weighted by atomic mass is 32.2. The van der Waals surface area contributed by atoms with Gasteiger partial charge in [-0.15, -0.1) is 11.3 Å². The van der Waals surface area contributed by atoms with Crippen LogP contribution in [-0.4, -0.2) is 33.9 Å². The van der Waals surface area contributed by atoms with Gasteiger partial charge in [0.2, 0.25) is 0 Å². The van der Waals surface area contributed by atoms with Gasteiger partial charge in [-0.2, -0.15) is 0 Å². The third-order valence-corrected chi connectivity index (χ3v) is 6.78. The molecule has 29 heavy (non-hydrogen) atoms. The van der Waals surface area contributed by atoms with Crippen LogP contribution in [-0.2, 0) is 4.74 Å². The Morgan fingerprint density at radius 3 is 2.66 bits per heavy atom. The van der Waals surface area contributed by atoms with E-state index in [4.69, 9.17) is 0 Å². The molecule has 0 atom stereocenters. The van der Waals surface area contributed by atoms with Gasteiger partial charge in [0, 0.05) is 22.7 Å². The molecule has 12 heteroatoms. The average Bonchev–Trinajstić information content (AvgIpc) is 3.26. The highest BCUT2D eigenvalue weighted by Gasteiger charge is 2.21. The van der Waals surface area contributed by atoms with Crippen LogP contribution in [0.3, 0.4) is 0 Å². The Morgan fingerprint density at radius 2 is 2.03 bits per heavy atom. The first kappa shape index (κ1) is 20.9. The standard InChI is InChI=1S/C17H14N4O5S3/c1-8-7-27-17(18-8)28-12-5-4-10(6-11(12)21(24)25)14(22)20-16-19-9(2)13(29-16)15(23)26-3/h4-7H,1-3H3,(H,19,20,22). The van der Waals surface area contributed by atoms with E-state index in [1.54, 1.807) is 6.92 Å². The molecule has 3 aromatic rings. The topological polar surface area (TPSA) is 124 Å². The zero-order valence-electron chi connectivity index (χ0n) is 15.4. The fraction of sp³-hybridized carbons (Fsp3) is 0.176. The number of nitrogens with one attached hydrogen (secondary N) is 1. The van der Waals surface area contributed by atoms with Gasteiger partial charge in [-0.25, -0.2) is 14.8 Å². The third-order valence-electron chi connectivity index (χ3n) is 3.60. The van der Waals surface area contributed by atoms with Crippen LogP contribution in [0.5, 0.6) is 0 Å². The quantitative estimate of drug-likeness (QED) is 0.334. The Kier molecular flexibility index (Phi) is 6.25. The number of methoxy groups -OCH3 is 1. The largest absolute Gasteiger partial charge is 0.465 e. The summed E-state index contributed by atoms with van der Waals surface area (Å²) in [5.74, 6) is -1.12. The predicted octanol–water partition coefficient (Wildman–Crippen LogP) is 4.31. The summed E-state index contributed by atoms with van der Waals surface area (Å²) < 4.78 is 5.34. The number of hydrogen-bond acceptors (Lipinski definition) is 10. The molecular weight excluding hydrogens is 436 g/mol. The van der Waals surface area contributed by atoms with Gasteiger partial charge < -0.3 is 4.74 Å². The fourth-order valence-electron chi connectivity index (χ4n) is 2.26. The lowest BCUT2D eigenvalue weighted by Gasteiger charge is -2.05. The average molecular weight is 451 g/mol. The molecule has 0 aliphatic heterocycles. The van der Waals surface area contributed by atoms with E-state index in [9.17, 15) is 19.7 Å². The van der Waals surface area contributed by atoms with E-state index in [0.29, 0.717) is 14.9 Å². The lowest BCUT2D eigenvalue weighted by molar-refractivity contribution is -0.387. The van der Waals surface area contributed by atoms with Crippen molar-refractivity contribution in [1.82, 2.24) is 9.97 Å². The van der Waals surface area contributed by atoms with Crippen LogP contribution in [0.15, 0.2) is 32.8 Å². The van der Waals surface area contributed by atoms with Crippen molar-refractivity contribution < 1.29 is 19.2 Å². The fourth-order valence-corrected chi connectivity index (χ4v) is 5.02. The summed E-state index contributed by atoms with van der Waals surface area (Å²) >= 11 is 3.53. The van der Waals surface area contributed by atoms with E-state index in [-0.39, 0.29) is 21.3 Å². The lowest BCUT2D eigenvalue weighted by atomic mass is 10.2. The number of hydrogen-bond donors (Lipinski definition) is 1. The van der Waals surface area contributed by atoms with Crippen molar-refractivity contribution in [2.75, 3.05) is 12.4 Å². The molecule has 2 heterocycles. The van der Waals surface area contributed by atoms with E-state index in [1.807, 2.05) is 12.3 Å². The monoisotopic (exact) mass is 450 g/mol. The molecule has 0 fully saturated rings. The van der Waals surface area contributed by atoms with Gasteiger partial charge in [0.15, 0.2) is 9.47 Å². The van der Waals surface area contributed by atoms with Crippen molar-refractivity contribution in [3.8, 4) is 0 Å². The number of aromatic nitrogens is 2. The van der Waals surface area contributed by atoms with Gasteiger partial charge in [-0.05, 0) is 26.0 Å². The molecule has 0 radical (unpaired) electrons. The van der Waals surface area contributed by atoms with Crippen LogP contribution in [0.2, 0.25) is 0 Å². The first-order valence-electron chi connectivity index (χ1n) is 8.04. The molecule has 0 unspecified atom stereocenters. The number of rotatable bonds is 6. The molecule has 1 amide bonds. The van der Waals surface area contributed by atoms with Crippen LogP contribution in [0.1, 0.15) is 31.4 Å². The Labute approximate surface area is 177 Å². The van der Waals surface area contributed by atoms with Crippen LogP contribution < -0.4 is 5.32 Å². The van der Waals surface area contributed by atoms with Gasteiger partial charge in [0.05, 0.1) is 22.6 Å². The van der Waals surface area contributed by atoms with E-state index in [0.717, 1.165) is 17.0 Å². The van der Waals surface area contributed by atoms with Crippen molar-refractivity contribution in [2.24, 2.45) is 0 Å². The van der Waals surface area contributed by atoms with Crippen molar-refractivity contribution in [3.05, 3.63) is 55.5 Å². The SMILES string of the molecule is COC(=O)c1sc(NC(=O)c2ccc(Sc3nc(C)cs3)c([N+](=O)[O-])c2)nc1C. The molecule has 0 aliphatic rings. The van der Waals surface area contributed by atoms with E-state index >= 15 is 0 Å². The van der Waals surface area contributed by atoms with Crippen molar-refractivity contribution >= 4 is 57.1 Å². The molecule has 0 spiro atoms. The van der Waals surface area contributed by atoms with Crippen LogP contribution in [0, 0.1) is 24.0 Å². The summed E-state index contributed by atoms with van der Waals surface area (Å²) in [6.07, 6.45) is 0. The summed E-state index contributed by atoms with van der Waals surface area (Å²) in [4.78, 5) is 44.2. The van der Waals surface area contributed by atoms with E-state index in [2.05, 4.69) is 20.0 Å². The number of amides is 1. The molecule has 1 N–H and O–H groups in total. The Balaban J connectivity index is 1.83. The molecule has 0 saturated heterocycles. The Morgan fingerprint density at radius 1 is 1.28 bits per heavy atom. The van der Waals surface area contributed by atoms with Crippen molar-refractivity contribution in [3.63, 3.8) is 0 Å². The van der Waals surface area contributed by atoms with Gasteiger partial charge in [-0.3, -0.25) is 20.2 Å². The van der Waals surface area contributed by atoms with E-state index in [1.165, 1.54) is 48.4 Å². The van der Waals surface area contributed by atoms with Crippen LogP contribution in [0.25, 0.3) is 0 Å². The molecule has 0 saturated carbocycles. The number of nitro groups is 1. The minimum Gasteiger partial charge on any atom is -0.465 e. The number of carbonyl (C=O) groups excluding carboxylic acids is 2. The number of nitro benzene ring substituents is 1. The molecule has 150 valence electrons. The number of nitrogens with zero attached hydrogens (tertiary/aromatic N) is 3. The van der Waals surface area contributed by atoms with E-state index < -0.39 is 16.8 Å². The Bertz CT molecular complexity index is 1110. The van der Waals surface area contributed by atoms with Crippen molar-refractivity contribution in [1.29, 1.82) is 0 Å². The number of thiazole rings is 2. The summed E-state index contributed by atoms with van der Waals surface area (Å²) in [6, 6.07) is 4.22. The second-order valence-electron chi connectivity index (χ2n) is 5.68.